The Morgan fingerprint density at radius 3 is 2.52 bits per heavy atom. The molecule has 0 fully saturated rings. The van der Waals surface area contributed by atoms with Crippen molar-refractivity contribution < 1.29 is 9.21 Å². The van der Waals surface area contributed by atoms with E-state index in [4.69, 9.17) is 4.42 Å². The molecular formula is C19H21N3O3. The molecule has 0 saturated heterocycles. The first kappa shape index (κ1) is 16.8. The van der Waals surface area contributed by atoms with E-state index in [0.29, 0.717) is 16.8 Å². The van der Waals surface area contributed by atoms with E-state index in [9.17, 15) is 9.59 Å². The van der Waals surface area contributed by atoms with Gasteiger partial charge in [-0.1, -0.05) is 17.7 Å². The van der Waals surface area contributed by atoms with Crippen LogP contribution < -0.4 is 16.4 Å². The minimum atomic E-state index is -0.401. The summed E-state index contributed by atoms with van der Waals surface area (Å²) in [7, 11) is 0. The van der Waals surface area contributed by atoms with Crippen molar-refractivity contribution in [3.05, 3.63) is 58.1 Å². The van der Waals surface area contributed by atoms with Crippen LogP contribution in [0.3, 0.4) is 0 Å². The van der Waals surface area contributed by atoms with E-state index in [2.05, 4.69) is 10.6 Å². The number of rotatable bonds is 3. The van der Waals surface area contributed by atoms with Crippen molar-refractivity contribution in [1.82, 2.24) is 4.57 Å². The maximum absolute atomic E-state index is 12.2. The number of aryl methyl sites for hydroxylation is 2. The number of carbonyl (C=O) groups is 1. The Labute approximate surface area is 145 Å². The molecule has 6 heteroatoms. The van der Waals surface area contributed by atoms with Crippen LogP contribution in [0.4, 0.5) is 16.2 Å². The van der Waals surface area contributed by atoms with Gasteiger partial charge in [-0.2, -0.15) is 0 Å². The van der Waals surface area contributed by atoms with Gasteiger partial charge in [0, 0.05) is 23.5 Å². The topological polar surface area (TPSA) is 76.3 Å². The largest absolute Gasteiger partial charge is 0.420 e. The van der Waals surface area contributed by atoms with Crippen LogP contribution in [0.2, 0.25) is 0 Å². The lowest BCUT2D eigenvalue weighted by Gasteiger charge is -2.11. The van der Waals surface area contributed by atoms with Crippen LogP contribution in [-0.2, 0) is 0 Å². The van der Waals surface area contributed by atoms with E-state index in [1.54, 1.807) is 22.8 Å². The Kier molecular flexibility index (Phi) is 4.35. The first-order chi connectivity index (χ1) is 11.8. The molecule has 0 aliphatic heterocycles. The second kappa shape index (κ2) is 6.47. The lowest BCUT2D eigenvalue weighted by atomic mass is 10.1. The summed E-state index contributed by atoms with van der Waals surface area (Å²) in [6, 6.07) is 10.6. The van der Waals surface area contributed by atoms with Crippen LogP contribution in [0.25, 0.3) is 11.1 Å². The van der Waals surface area contributed by atoms with Gasteiger partial charge in [0.1, 0.15) is 0 Å². The summed E-state index contributed by atoms with van der Waals surface area (Å²) in [4.78, 5) is 24.1. The molecule has 6 nitrogen and oxygen atoms in total. The van der Waals surface area contributed by atoms with Gasteiger partial charge >= 0.3 is 11.8 Å². The van der Waals surface area contributed by atoms with Crippen LogP contribution in [0.5, 0.6) is 0 Å². The monoisotopic (exact) mass is 339 g/mol. The van der Waals surface area contributed by atoms with Crippen LogP contribution >= 0.6 is 0 Å². The lowest BCUT2D eigenvalue weighted by Crippen LogP contribution is -2.20. The molecule has 130 valence electrons. The van der Waals surface area contributed by atoms with Gasteiger partial charge in [0.05, 0.1) is 5.52 Å². The molecular weight excluding hydrogens is 318 g/mol. The van der Waals surface area contributed by atoms with E-state index in [0.717, 1.165) is 16.8 Å². The number of hydrogen-bond donors (Lipinski definition) is 2. The molecule has 0 unspecified atom stereocenters. The summed E-state index contributed by atoms with van der Waals surface area (Å²) < 4.78 is 6.85. The van der Waals surface area contributed by atoms with E-state index in [-0.39, 0.29) is 12.1 Å². The average Bonchev–Trinajstić information content (AvgIpc) is 2.85. The molecule has 0 aliphatic rings. The Morgan fingerprint density at radius 1 is 1.08 bits per heavy atom. The fourth-order valence-corrected chi connectivity index (χ4v) is 2.84. The highest BCUT2D eigenvalue weighted by Gasteiger charge is 2.13. The molecule has 1 aromatic heterocycles. The number of fused-ring (bicyclic) bond motifs is 1. The van der Waals surface area contributed by atoms with Gasteiger partial charge < -0.3 is 15.1 Å². The Bertz CT molecular complexity index is 999. The van der Waals surface area contributed by atoms with E-state index < -0.39 is 5.76 Å². The molecule has 0 saturated carbocycles. The third-order valence-electron chi connectivity index (χ3n) is 4.02. The third kappa shape index (κ3) is 3.42. The number of anilines is 2. The van der Waals surface area contributed by atoms with Crippen LogP contribution in [0.1, 0.15) is 31.0 Å². The SMILES string of the molecule is Cc1ccc(NC(=O)Nc2ccc3c(c2)oc(=O)n3C(C)C)c(C)c1. The average molecular weight is 339 g/mol. The van der Waals surface area contributed by atoms with Crippen LogP contribution in [0, 0.1) is 13.8 Å². The highest BCUT2D eigenvalue weighted by Crippen LogP contribution is 2.21. The molecule has 2 amide bonds. The number of hydrogen-bond acceptors (Lipinski definition) is 3. The van der Waals surface area contributed by atoms with Crippen molar-refractivity contribution in [2.24, 2.45) is 0 Å². The second-order valence-corrected chi connectivity index (χ2v) is 6.41. The fraction of sp³-hybridized carbons (Fsp3) is 0.263. The number of amides is 2. The number of urea groups is 1. The van der Waals surface area contributed by atoms with Gasteiger partial charge in [-0.3, -0.25) is 4.57 Å². The minimum Gasteiger partial charge on any atom is -0.408 e. The summed E-state index contributed by atoms with van der Waals surface area (Å²) in [5, 5.41) is 5.58. The van der Waals surface area contributed by atoms with E-state index in [1.807, 2.05) is 45.9 Å². The molecule has 2 aromatic carbocycles. The van der Waals surface area contributed by atoms with Crippen molar-refractivity contribution in [2.45, 2.75) is 33.7 Å². The minimum absolute atomic E-state index is 0.000343. The van der Waals surface area contributed by atoms with Gasteiger partial charge in [-0.15, -0.1) is 0 Å². The van der Waals surface area contributed by atoms with Gasteiger partial charge in [0.2, 0.25) is 0 Å². The van der Waals surface area contributed by atoms with Gasteiger partial charge in [0.15, 0.2) is 5.58 Å². The quantitative estimate of drug-likeness (QED) is 0.741. The first-order valence-corrected chi connectivity index (χ1v) is 8.15. The smallest absolute Gasteiger partial charge is 0.408 e. The van der Waals surface area contributed by atoms with Crippen molar-refractivity contribution in [3.8, 4) is 0 Å². The third-order valence-corrected chi connectivity index (χ3v) is 4.02. The molecule has 25 heavy (non-hydrogen) atoms. The van der Waals surface area contributed by atoms with Crippen LogP contribution in [0.15, 0.2) is 45.6 Å². The maximum atomic E-state index is 12.2. The van der Waals surface area contributed by atoms with Gasteiger partial charge in [-0.25, -0.2) is 9.59 Å². The van der Waals surface area contributed by atoms with Crippen molar-refractivity contribution in [2.75, 3.05) is 10.6 Å². The summed E-state index contributed by atoms with van der Waals surface area (Å²) in [5.41, 5.74) is 4.59. The van der Waals surface area contributed by atoms with E-state index >= 15 is 0 Å². The predicted molar refractivity (Wildman–Crippen MR) is 99.4 cm³/mol. The van der Waals surface area contributed by atoms with Crippen molar-refractivity contribution in [1.29, 1.82) is 0 Å². The van der Waals surface area contributed by atoms with Gasteiger partial charge in [0.25, 0.3) is 0 Å². The number of oxazole rings is 1. The van der Waals surface area contributed by atoms with E-state index in [1.165, 1.54) is 0 Å². The molecule has 1 heterocycles. The molecule has 0 radical (unpaired) electrons. The molecule has 3 rings (SSSR count). The van der Waals surface area contributed by atoms with Crippen molar-refractivity contribution >= 4 is 28.5 Å². The lowest BCUT2D eigenvalue weighted by molar-refractivity contribution is 0.262. The van der Waals surface area contributed by atoms with Gasteiger partial charge in [-0.05, 0) is 51.5 Å². The summed E-state index contributed by atoms with van der Waals surface area (Å²) in [6.45, 7) is 7.78. The number of aromatic nitrogens is 1. The summed E-state index contributed by atoms with van der Waals surface area (Å²) in [5.74, 6) is -0.401. The first-order valence-electron chi connectivity index (χ1n) is 8.15. The normalized spacial score (nSPS) is 11.1. The number of carbonyl (C=O) groups excluding carboxylic acids is 1. The number of benzene rings is 2. The molecule has 0 aliphatic carbocycles. The maximum Gasteiger partial charge on any atom is 0.420 e. The summed E-state index contributed by atoms with van der Waals surface area (Å²) >= 11 is 0. The van der Waals surface area contributed by atoms with Crippen molar-refractivity contribution in [3.63, 3.8) is 0 Å². The molecule has 0 atom stereocenters. The molecule has 0 bridgehead atoms. The second-order valence-electron chi connectivity index (χ2n) is 6.41. The summed E-state index contributed by atoms with van der Waals surface area (Å²) in [6.07, 6.45) is 0. The predicted octanol–water partition coefficient (Wildman–Crippen LogP) is 4.44. The van der Waals surface area contributed by atoms with Crippen LogP contribution in [-0.4, -0.2) is 10.6 Å². The Morgan fingerprint density at radius 2 is 1.84 bits per heavy atom. The highest BCUT2D eigenvalue weighted by atomic mass is 16.4. The molecule has 0 spiro atoms. The zero-order valence-corrected chi connectivity index (χ0v) is 14.7. The standard InChI is InChI=1S/C19H21N3O3/c1-11(2)22-16-8-6-14(10-17(16)25-19(22)24)20-18(23)21-15-7-5-12(3)9-13(15)4/h5-11H,1-4H3,(H2,20,21,23). The highest BCUT2D eigenvalue weighted by molar-refractivity contribution is 6.01. The Hall–Kier alpha value is -3.02. The number of nitrogens with zero attached hydrogens (tertiary/aromatic N) is 1. The Balaban J connectivity index is 1.80. The zero-order chi connectivity index (χ0) is 18.1. The molecule has 3 aromatic rings. The zero-order valence-electron chi connectivity index (χ0n) is 14.7. The fourth-order valence-electron chi connectivity index (χ4n) is 2.84. The molecule has 2 N–H and O–H groups in total. The number of nitrogens with one attached hydrogen (secondary N) is 2.